The molecule has 7 heteroatoms. The van der Waals surface area contributed by atoms with E-state index in [9.17, 15) is 13.0 Å². The van der Waals surface area contributed by atoms with Crippen molar-refractivity contribution in [3.8, 4) is 0 Å². The van der Waals surface area contributed by atoms with Gasteiger partial charge in [-0.3, -0.25) is 0 Å². The van der Waals surface area contributed by atoms with Crippen molar-refractivity contribution in [3.05, 3.63) is 95.6 Å². The van der Waals surface area contributed by atoms with Crippen LogP contribution in [0.4, 0.5) is 5.69 Å². The van der Waals surface area contributed by atoms with E-state index in [1.54, 1.807) is 12.1 Å². The summed E-state index contributed by atoms with van der Waals surface area (Å²) < 4.78 is 36.3. The van der Waals surface area contributed by atoms with Gasteiger partial charge in [0.2, 0.25) is 0 Å². The van der Waals surface area contributed by atoms with Crippen LogP contribution in [-0.2, 0) is 16.7 Å². The van der Waals surface area contributed by atoms with E-state index in [2.05, 4.69) is 59.8 Å². The molecule has 0 aliphatic rings. The molecule has 4 rings (SSSR count). The summed E-state index contributed by atoms with van der Waals surface area (Å²) in [5.41, 5.74) is 4.36. The van der Waals surface area contributed by atoms with Crippen molar-refractivity contribution >= 4 is 45.8 Å². The number of rotatable bonds is 5. The van der Waals surface area contributed by atoms with E-state index < -0.39 is 10.1 Å². The van der Waals surface area contributed by atoms with Gasteiger partial charge in [0.1, 0.15) is 10.1 Å². The molecule has 0 radical (unpaired) electrons. The molecule has 0 spiro atoms. The molecule has 1 heterocycles. The van der Waals surface area contributed by atoms with Crippen LogP contribution in [0.5, 0.6) is 0 Å². The van der Waals surface area contributed by atoms with Crippen molar-refractivity contribution in [2.75, 3.05) is 5.32 Å². The number of hydrogen-bond acceptors (Lipinski definition) is 4. The Morgan fingerprint density at radius 2 is 1.61 bits per heavy atom. The van der Waals surface area contributed by atoms with Crippen LogP contribution in [0, 0.1) is 6.92 Å². The van der Waals surface area contributed by atoms with Gasteiger partial charge >= 0.3 is 125 Å². The van der Waals surface area contributed by atoms with Crippen molar-refractivity contribution in [2.45, 2.75) is 25.3 Å². The molecular formula is C24H24N2O3SSe. The second kappa shape index (κ2) is 10.1. The summed E-state index contributed by atoms with van der Waals surface area (Å²) >= 11 is 0.325. The summed E-state index contributed by atoms with van der Waals surface area (Å²) in [7, 11) is -4.27. The third kappa shape index (κ3) is 5.93. The quantitative estimate of drug-likeness (QED) is 0.254. The second-order valence-electron chi connectivity index (χ2n) is 6.86. The smallest absolute Gasteiger partial charge is 0.124 e. The third-order valence-corrected chi connectivity index (χ3v) is 7.98. The van der Waals surface area contributed by atoms with Crippen molar-refractivity contribution in [1.29, 1.82) is 0 Å². The molecule has 1 aromatic heterocycles. The van der Waals surface area contributed by atoms with Gasteiger partial charge in [0.25, 0.3) is 0 Å². The maximum atomic E-state index is 10.4. The number of para-hydroxylation sites is 2. The number of aromatic nitrogens is 1. The van der Waals surface area contributed by atoms with Gasteiger partial charge in [-0.05, 0) is 19.1 Å². The van der Waals surface area contributed by atoms with E-state index >= 15 is 0 Å². The van der Waals surface area contributed by atoms with Crippen LogP contribution in [0.2, 0.25) is 0 Å². The number of nitrogens with one attached hydrogen (secondary N) is 1. The predicted molar refractivity (Wildman–Crippen MR) is 125 cm³/mol. The monoisotopic (exact) mass is 500 g/mol. The predicted octanol–water partition coefficient (Wildman–Crippen LogP) is 4.19. The molecule has 0 atom stereocenters. The molecule has 0 fully saturated rings. The second-order valence-corrected chi connectivity index (χ2v) is 10.4. The SMILES string of the molecule is C=C(Nc1ccccc1)c1[se]c2ccccc2[n+]1CC.Cc1ccc(S(=O)(=O)[O-])cc1. The van der Waals surface area contributed by atoms with Gasteiger partial charge in [0, 0.05) is 0 Å². The molecule has 160 valence electrons. The fraction of sp³-hybridized carbons (Fsp3) is 0.125. The molecular weight excluding hydrogens is 475 g/mol. The average Bonchev–Trinajstić information content (AvgIpc) is 3.13. The third-order valence-electron chi connectivity index (χ3n) is 4.56. The number of aryl methyl sites for hydroxylation is 2. The van der Waals surface area contributed by atoms with E-state index in [0.717, 1.165) is 23.5 Å². The van der Waals surface area contributed by atoms with Gasteiger partial charge in [-0.1, -0.05) is 17.7 Å². The van der Waals surface area contributed by atoms with E-state index in [0.29, 0.717) is 14.5 Å². The fourth-order valence-corrected chi connectivity index (χ4v) is 5.91. The van der Waals surface area contributed by atoms with Gasteiger partial charge in [0.05, 0.1) is 4.90 Å². The van der Waals surface area contributed by atoms with Gasteiger partial charge < -0.3 is 4.55 Å². The van der Waals surface area contributed by atoms with Gasteiger partial charge in [-0.2, -0.15) is 0 Å². The summed E-state index contributed by atoms with van der Waals surface area (Å²) in [5, 5.41) is 3.43. The molecule has 0 saturated carbocycles. The number of nitrogens with zero attached hydrogens (tertiary/aromatic N) is 1. The van der Waals surface area contributed by atoms with Crippen molar-refractivity contribution in [3.63, 3.8) is 0 Å². The molecule has 1 N–H and O–H groups in total. The first kappa shape index (κ1) is 23.0. The van der Waals surface area contributed by atoms with Crippen molar-refractivity contribution in [1.82, 2.24) is 0 Å². The Hall–Kier alpha value is -2.70. The standard InChI is InChI=1S/C17H17N2Se.C7H8O3S/c1-3-19-15-11-7-8-12-16(15)20-17(19)13(2)18-14-9-5-4-6-10-14;1-6-2-4-7(5-3-6)11(8,9)10/h4-12,18H,2-3H2,1H3;2-5H,1H3,(H,8,9,10)/q+1;/p-1. The van der Waals surface area contributed by atoms with Crippen molar-refractivity contribution < 1.29 is 17.5 Å². The Kier molecular flexibility index (Phi) is 7.46. The Morgan fingerprint density at radius 1 is 1.00 bits per heavy atom. The zero-order chi connectivity index (χ0) is 22.4. The first-order chi connectivity index (χ1) is 14.8. The maximum absolute atomic E-state index is 10.4. The first-order valence-corrected chi connectivity index (χ1v) is 12.9. The van der Waals surface area contributed by atoms with Crippen LogP contribution in [0.25, 0.3) is 15.5 Å². The molecule has 31 heavy (non-hydrogen) atoms. The first-order valence-electron chi connectivity index (χ1n) is 9.75. The molecule has 0 aliphatic carbocycles. The van der Waals surface area contributed by atoms with Crippen LogP contribution in [0.15, 0.2) is 90.3 Å². The molecule has 3 aromatic carbocycles. The minimum absolute atomic E-state index is 0.178. The van der Waals surface area contributed by atoms with Gasteiger partial charge in [-0.25, -0.2) is 8.42 Å². The van der Waals surface area contributed by atoms with Crippen LogP contribution in [-0.4, -0.2) is 27.5 Å². The zero-order valence-corrected chi connectivity index (χ0v) is 19.9. The summed E-state index contributed by atoms with van der Waals surface area (Å²) in [6.07, 6.45) is 0. The van der Waals surface area contributed by atoms with Crippen LogP contribution in [0.1, 0.15) is 17.1 Å². The summed E-state index contributed by atoms with van der Waals surface area (Å²) in [4.78, 5) is -0.178. The molecule has 5 nitrogen and oxygen atoms in total. The Balaban J connectivity index is 0.000000210. The Morgan fingerprint density at radius 3 is 2.23 bits per heavy atom. The summed E-state index contributed by atoms with van der Waals surface area (Å²) in [5.74, 6) is 0. The molecule has 0 aliphatic heterocycles. The number of hydrogen-bond donors (Lipinski definition) is 1. The fourth-order valence-electron chi connectivity index (χ4n) is 3.03. The summed E-state index contributed by atoms with van der Waals surface area (Å²) in [6.45, 7) is 9.22. The van der Waals surface area contributed by atoms with Crippen LogP contribution < -0.4 is 9.88 Å². The molecule has 0 unspecified atom stereocenters. The normalized spacial score (nSPS) is 10.9. The minimum atomic E-state index is -4.27. The van der Waals surface area contributed by atoms with Gasteiger partial charge in [-0.15, -0.1) is 0 Å². The number of fused-ring (bicyclic) bond motifs is 1. The Bertz CT molecular complexity index is 1280. The average molecular weight is 499 g/mol. The van der Waals surface area contributed by atoms with Crippen LogP contribution >= 0.6 is 0 Å². The minimum Gasteiger partial charge on any atom is -0.744 e. The van der Waals surface area contributed by atoms with E-state index in [4.69, 9.17) is 0 Å². The topological polar surface area (TPSA) is 73.1 Å². The van der Waals surface area contributed by atoms with E-state index in [1.165, 1.54) is 26.5 Å². The van der Waals surface area contributed by atoms with Crippen molar-refractivity contribution in [2.24, 2.45) is 0 Å². The maximum Gasteiger partial charge on any atom is 0.124 e. The van der Waals surface area contributed by atoms with Crippen LogP contribution in [0.3, 0.4) is 0 Å². The zero-order valence-electron chi connectivity index (χ0n) is 17.4. The Labute approximate surface area is 189 Å². The molecule has 0 saturated heterocycles. The number of anilines is 1. The molecule has 0 bridgehead atoms. The summed E-state index contributed by atoms with van der Waals surface area (Å²) in [6, 6.07) is 24.6. The largest absolute Gasteiger partial charge is 0.744 e. The van der Waals surface area contributed by atoms with E-state index in [1.807, 2.05) is 25.1 Å². The molecule has 0 amide bonds. The number of benzene rings is 3. The van der Waals surface area contributed by atoms with Gasteiger partial charge in [0.15, 0.2) is 0 Å². The molecule has 4 aromatic rings. The van der Waals surface area contributed by atoms with E-state index in [-0.39, 0.29) is 4.90 Å².